The minimum atomic E-state index is -0.807. The average Bonchev–Trinajstić information content (AvgIpc) is 2.59. The van der Waals surface area contributed by atoms with Crippen LogP contribution in [0.15, 0.2) is 18.3 Å². The Balaban J connectivity index is 2.24. The summed E-state index contributed by atoms with van der Waals surface area (Å²) in [5.74, 6) is -1.01. The molecular weight excluding hydrogens is 248 g/mol. The van der Waals surface area contributed by atoms with Crippen LogP contribution in [-0.2, 0) is 16.1 Å². The highest BCUT2D eigenvalue weighted by Crippen LogP contribution is 2.18. The zero-order chi connectivity index (χ0) is 14.0. The van der Waals surface area contributed by atoms with Crippen molar-refractivity contribution in [2.45, 2.75) is 13.5 Å². The smallest absolute Gasteiger partial charge is 0.334 e. The minimum Gasteiger partial charge on any atom is -0.370 e. The third-order valence-corrected chi connectivity index (χ3v) is 2.81. The molecule has 19 heavy (non-hydrogen) atoms. The number of hydrogen-bond donors (Lipinski definition) is 1. The zero-order valence-corrected chi connectivity index (χ0v) is 10.7. The number of nitrogens with one attached hydrogen (secondary N) is 1. The third kappa shape index (κ3) is 2.26. The molecule has 1 aliphatic heterocycles. The summed E-state index contributed by atoms with van der Waals surface area (Å²) in [7, 11) is 1.29. The van der Waals surface area contributed by atoms with Crippen LogP contribution in [0.1, 0.15) is 12.5 Å². The fraction of sp³-hybridized carbons (Fsp3) is 0.333. The van der Waals surface area contributed by atoms with E-state index in [1.54, 1.807) is 18.3 Å². The maximum Gasteiger partial charge on any atom is 0.334 e. The fourth-order valence-corrected chi connectivity index (χ4v) is 1.82. The second-order valence-corrected chi connectivity index (χ2v) is 4.08. The van der Waals surface area contributed by atoms with E-state index in [1.165, 1.54) is 7.05 Å². The molecule has 7 heteroatoms. The first-order valence-electron chi connectivity index (χ1n) is 5.87. The highest BCUT2D eigenvalue weighted by Gasteiger charge is 2.42. The van der Waals surface area contributed by atoms with Crippen molar-refractivity contribution in [3.8, 4) is 0 Å². The zero-order valence-electron chi connectivity index (χ0n) is 10.7. The van der Waals surface area contributed by atoms with Crippen molar-refractivity contribution in [1.82, 2.24) is 14.8 Å². The van der Waals surface area contributed by atoms with Crippen LogP contribution in [0, 0.1) is 0 Å². The van der Waals surface area contributed by atoms with Crippen LogP contribution in [-0.4, -0.2) is 46.2 Å². The number of carbonyl (C=O) groups excluding carboxylic acids is 3. The van der Waals surface area contributed by atoms with Gasteiger partial charge in [0, 0.05) is 25.4 Å². The van der Waals surface area contributed by atoms with Gasteiger partial charge in [0.25, 0.3) is 0 Å². The number of urea groups is 1. The van der Waals surface area contributed by atoms with Crippen LogP contribution in [0.5, 0.6) is 0 Å². The summed E-state index contributed by atoms with van der Waals surface area (Å²) in [5, 5.41) is 3.04. The van der Waals surface area contributed by atoms with Crippen LogP contribution < -0.4 is 5.32 Å². The molecule has 4 amide bonds. The molecule has 1 fully saturated rings. The van der Waals surface area contributed by atoms with Gasteiger partial charge >= 0.3 is 17.8 Å². The van der Waals surface area contributed by atoms with Gasteiger partial charge in [-0.1, -0.05) is 6.07 Å². The molecule has 0 bridgehead atoms. The van der Waals surface area contributed by atoms with E-state index in [2.05, 4.69) is 10.3 Å². The predicted molar refractivity (Wildman–Crippen MR) is 67.1 cm³/mol. The molecule has 2 heterocycles. The van der Waals surface area contributed by atoms with Gasteiger partial charge in [0.2, 0.25) is 0 Å². The SMILES string of the molecule is CCNc1ncccc1CN1C(=O)C(=O)N(C)C1=O. The average molecular weight is 262 g/mol. The summed E-state index contributed by atoms with van der Waals surface area (Å²) in [4.78, 5) is 40.7. The highest BCUT2D eigenvalue weighted by molar-refractivity contribution is 6.44. The molecular formula is C12H14N4O3. The van der Waals surface area contributed by atoms with Crippen molar-refractivity contribution in [2.24, 2.45) is 0 Å². The predicted octanol–water partition coefficient (Wildman–Crippen LogP) is 0.434. The number of rotatable bonds is 4. The molecule has 0 spiro atoms. The largest absolute Gasteiger partial charge is 0.370 e. The van der Waals surface area contributed by atoms with Gasteiger partial charge in [-0.15, -0.1) is 0 Å². The van der Waals surface area contributed by atoms with Crippen molar-refractivity contribution in [1.29, 1.82) is 0 Å². The van der Waals surface area contributed by atoms with Gasteiger partial charge in [-0.05, 0) is 13.0 Å². The standard InChI is InChI=1S/C12H14N4O3/c1-3-13-9-8(5-4-6-14-9)7-16-11(18)10(17)15(2)12(16)19/h4-6H,3,7H2,1-2H3,(H,13,14). The molecule has 0 unspecified atom stereocenters. The lowest BCUT2D eigenvalue weighted by atomic mass is 10.2. The molecule has 7 nitrogen and oxygen atoms in total. The fourth-order valence-electron chi connectivity index (χ4n) is 1.82. The lowest BCUT2D eigenvalue weighted by Crippen LogP contribution is -2.31. The summed E-state index contributed by atoms with van der Waals surface area (Å²) >= 11 is 0. The summed E-state index contributed by atoms with van der Waals surface area (Å²) in [6.07, 6.45) is 1.62. The first kappa shape index (κ1) is 13.0. The first-order chi connectivity index (χ1) is 9.06. The van der Waals surface area contributed by atoms with Crippen molar-refractivity contribution >= 4 is 23.7 Å². The topological polar surface area (TPSA) is 82.6 Å². The van der Waals surface area contributed by atoms with Gasteiger partial charge in [-0.25, -0.2) is 9.78 Å². The van der Waals surface area contributed by atoms with Crippen LogP contribution in [0.2, 0.25) is 0 Å². The maximum absolute atomic E-state index is 11.8. The number of amides is 4. The molecule has 1 N–H and O–H groups in total. The van der Waals surface area contributed by atoms with E-state index in [1.807, 2.05) is 6.92 Å². The number of pyridine rings is 1. The maximum atomic E-state index is 11.8. The Morgan fingerprint density at radius 3 is 2.58 bits per heavy atom. The molecule has 1 aromatic rings. The molecule has 2 rings (SSSR count). The molecule has 100 valence electrons. The molecule has 0 radical (unpaired) electrons. The summed E-state index contributed by atoms with van der Waals surface area (Å²) < 4.78 is 0. The van der Waals surface area contributed by atoms with E-state index < -0.39 is 17.8 Å². The Morgan fingerprint density at radius 2 is 2.00 bits per heavy atom. The Morgan fingerprint density at radius 1 is 1.26 bits per heavy atom. The van der Waals surface area contributed by atoms with E-state index in [0.717, 1.165) is 9.80 Å². The van der Waals surface area contributed by atoms with Crippen LogP contribution >= 0.6 is 0 Å². The molecule has 1 saturated heterocycles. The number of imide groups is 2. The van der Waals surface area contributed by atoms with E-state index in [4.69, 9.17) is 0 Å². The number of likely N-dealkylation sites (N-methyl/N-ethyl adjacent to an activating group) is 1. The van der Waals surface area contributed by atoms with E-state index in [-0.39, 0.29) is 6.54 Å². The monoisotopic (exact) mass is 262 g/mol. The van der Waals surface area contributed by atoms with Gasteiger partial charge in [0.05, 0.1) is 6.54 Å². The van der Waals surface area contributed by atoms with Gasteiger partial charge in [-0.3, -0.25) is 19.4 Å². The van der Waals surface area contributed by atoms with Crippen LogP contribution in [0.4, 0.5) is 10.6 Å². The van der Waals surface area contributed by atoms with E-state index in [0.29, 0.717) is 17.9 Å². The second kappa shape index (κ2) is 5.05. The van der Waals surface area contributed by atoms with E-state index >= 15 is 0 Å². The molecule has 0 atom stereocenters. The van der Waals surface area contributed by atoms with Gasteiger partial charge < -0.3 is 5.32 Å². The lowest BCUT2D eigenvalue weighted by molar-refractivity contribution is -0.143. The third-order valence-electron chi connectivity index (χ3n) is 2.81. The molecule has 0 aromatic carbocycles. The normalized spacial score (nSPS) is 15.4. The van der Waals surface area contributed by atoms with Gasteiger partial charge in [-0.2, -0.15) is 0 Å². The second-order valence-electron chi connectivity index (χ2n) is 4.08. The number of anilines is 1. The summed E-state index contributed by atoms with van der Waals surface area (Å²) in [6, 6.07) is 2.86. The van der Waals surface area contributed by atoms with Crippen molar-refractivity contribution < 1.29 is 14.4 Å². The summed E-state index contributed by atoms with van der Waals surface area (Å²) in [5.41, 5.74) is 0.689. The van der Waals surface area contributed by atoms with Crippen molar-refractivity contribution in [3.63, 3.8) is 0 Å². The number of carbonyl (C=O) groups is 3. The quantitative estimate of drug-likeness (QED) is 0.628. The Kier molecular flexibility index (Phi) is 3.46. The van der Waals surface area contributed by atoms with Crippen LogP contribution in [0.3, 0.4) is 0 Å². The molecule has 0 saturated carbocycles. The first-order valence-corrected chi connectivity index (χ1v) is 5.87. The number of hydrogen-bond acceptors (Lipinski definition) is 5. The Bertz CT molecular complexity index is 544. The molecule has 1 aliphatic rings. The molecule has 1 aromatic heterocycles. The highest BCUT2D eigenvalue weighted by atomic mass is 16.2. The van der Waals surface area contributed by atoms with Crippen LogP contribution in [0.25, 0.3) is 0 Å². The Labute approximate surface area is 110 Å². The number of nitrogens with zero attached hydrogens (tertiary/aromatic N) is 3. The molecule has 0 aliphatic carbocycles. The van der Waals surface area contributed by atoms with E-state index in [9.17, 15) is 14.4 Å². The number of aromatic nitrogens is 1. The van der Waals surface area contributed by atoms with Crippen molar-refractivity contribution in [2.75, 3.05) is 18.9 Å². The Hall–Kier alpha value is -2.44. The van der Waals surface area contributed by atoms with Gasteiger partial charge in [0.15, 0.2) is 0 Å². The lowest BCUT2D eigenvalue weighted by Gasteiger charge is -2.15. The minimum absolute atomic E-state index is 0.0317. The van der Waals surface area contributed by atoms with Gasteiger partial charge in [0.1, 0.15) is 5.82 Å². The summed E-state index contributed by atoms with van der Waals surface area (Å²) in [6.45, 7) is 2.62. The van der Waals surface area contributed by atoms with Crippen molar-refractivity contribution in [3.05, 3.63) is 23.9 Å².